The molecule has 1 heterocycles. The molecule has 0 saturated carbocycles. The number of anilines is 3. The van der Waals surface area contributed by atoms with Crippen molar-refractivity contribution in [2.45, 2.75) is 6.42 Å². The molecule has 1 amide bonds. The molecule has 2 N–H and O–H groups in total. The molecule has 0 unspecified atom stereocenters. The first-order valence-electron chi connectivity index (χ1n) is 9.08. The van der Waals surface area contributed by atoms with Crippen molar-refractivity contribution >= 4 is 34.6 Å². The van der Waals surface area contributed by atoms with Gasteiger partial charge in [0.05, 0.1) is 12.1 Å². The molecule has 0 spiro atoms. The highest BCUT2D eigenvalue weighted by Crippen LogP contribution is 2.22. The van der Waals surface area contributed by atoms with Crippen molar-refractivity contribution in [2.75, 3.05) is 10.6 Å². The molecule has 4 aromatic rings. The van der Waals surface area contributed by atoms with Gasteiger partial charge in [0.25, 0.3) is 0 Å². The molecule has 0 aliphatic carbocycles. The summed E-state index contributed by atoms with van der Waals surface area (Å²) in [4.78, 5) is 16.7. The number of rotatable bonds is 6. The Morgan fingerprint density at radius 2 is 1.52 bits per heavy atom. The molecule has 6 heteroatoms. The second-order valence-electron chi connectivity index (χ2n) is 6.44. The summed E-state index contributed by atoms with van der Waals surface area (Å²) < 4.78 is 5.47. The molecule has 4 rings (SSSR count). The van der Waals surface area contributed by atoms with Gasteiger partial charge in [0.2, 0.25) is 11.8 Å². The van der Waals surface area contributed by atoms with E-state index in [9.17, 15) is 4.79 Å². The average molecular weight is 404 g/mol. The highest BCUT2D eigenvalue weighted by Gasteiger charge is 2.11. The Labute approximate surface area is 173 Å². The Kier molecular flexibility index (Phi) is 5.59. The lowest BCUT2D eigenvalue weighted by Crippen LogP contribution is -2.14. The van der Waals surface area contributed by atoms with Crippen molar-refractivity contribution in [3.63, 3.8) is 0 Å². The number of carbonyl (C=O) groups excluding carboxylic acids is 1. The maximum Gasteiger partial charge on any atom is 0.230 e. The molecule has 5 nitrogen and oxygen atoms in total. The number of benzene rings is 3. The standard InChI is InChI=1S/C23H18ClN3O2/c24-17-8-6-16(7-9-17)23-27-21(15-29-23)14-22(28)26-20-12-10-19(11-13-20)25-18-4-2-1-3-5-18/h1-13,15,25H,14H2,(H,26,28). The van der Waals surface area contributed by atoms with Crippen LogP contribution < -0.4 is 10.6 Å². The number of hydrogen-bond acceptors (Lipinski definition) is 4. The Balaban J connectivity index is 1.34. The lowest BCUT2D eigenvalue weighted by atomic mass is 10.2. The molecule has 29 heavy (non-hydrogen) atoms. The van der Waals surface area contributed by atoms with Gasteiger partial charge in [-0.15, -0.1) is 0 Å². The van der Waals surface area contributed by atoms with Crippen molar-refractivity contribution in [3.05, 3.63) is 95.8 Å². The number of hydrogen-bond donors (Lipinski definition) is 2. The van der Waals surface area contributed by atoms with Crippen LogP contribution >= 0.6 is 11.6 Å². The zero-order valence-electron chi connectivity index (χ0n) is 15.4. The Bertz CT molecular complexity index is 1090. The van der Waals surface area contributed by atoms with Gasteiger partial charge in [0.15, 0.2) is 0 Å². The fourth-order valence-electron chi connectivity index (χ4n) is 2.81. The molecular weight excluding hydrogens is 386 g/mol. The number of carbonyl (C=O) groups is 1. The fraction of sp³-hybridized carbons (Fsp3) is 0.0435. The Hall–Kier alpha value is -3.57. The van der Waals surface area contributed by atoms with E-state index in [-0.39, 0.29) is 12.3 Å². The summed E-state index contributed by atoms with van der Waals surface area (Å²) in [6.45, 7) is 0. The first-order chi connectivity index (χ1) is 14.2. The normalized spacial score (nSPS) is 10.5. The van der Waals surface area contributed by atoms with E-state index in [1.54, 1.807) is 12.1 Å². The van der Waals surface area contributed by atoms with Gasteiger partial charge in [-0.2, -0.15) is 0 Å². The van der Waals surface area contributed by atoms with Gasteiger partial charge in [0, 0.05) is 27.6 Å². The lowest BCUT2D eigenvalue weighted by molar-refractivity contribution is -0.115. The number of para-hydroxylation sites is 1. The van der Waals surface area contributed by atoms with E-state index in [0.717, 1.165) is 22.6 Å². The molecule has 0 aliphatic rings. The number of amides is 1. The maximum absolute atomic E-state index is 12.3. The van der Waals surface area contributed by atoms with Gasteiger partial charge >= 0.3 is 0 Å². The van der Waals surface area contributed by atoms with Crippen LogP contribution in [0.3, 0.4) is 0 Å². The van der Waals surface area contributed by atoms with Crippen molar-refractivity contribution < 1.29 is 9.21 Å². The van der Waals surface area contributed by atoms with Crippen LogP contribution in [0.15, 0.2) is 89.5 Å². The van der Waals surface area contributed by atoms with E-state index in [0.29, 0.717) is 16.6 Å². The van der Waals surface area contributed by atoms with Crippen LogP contribution in [0.2, 0.25) is 5.02 Å². The summed E-state index contributed by atoms with van der Waals surface area (Å²) in [5.74, 6) is 0.297. The van der Waals surface area contributed by atoms with Crippen LogP contribution in [0, 0.1) is 0 Å². The van der Waals surface area contributed by atoms with Crippen molar-refractivity contribution in [2.24, 2.45) is 0 Å². The number of oxazole rings is 1. The second-order valence-corrected chi connectivity index (χ2v) is 6.88. The van der Waals surface area contributed by atoms with E-state index < -0.39 is 0 Å². The predicted molar refractivity (Wildman–Crippen MR) is 115 cm³/mol. The zero-order chi connectivity index (χ0) is 20.1. The first kappa shape index (κ1) is 18.8. The van der Waals surface area contributed by atoms with E-state index in [1.165, 1.54) is 6.26 Å². The van der Waals surface area contributed by atoms with Crippen LogP contribution in [0.1, 0.15) is 5.69 Å². The van der Waals surface area contributed by atoms with E-state index in [1.807, 2.05) is 66.7 Å². The summed E-state index contributed by atoms with van der Waals surface area (Å²) in [6, 6.07) is 24.6. The van der Waals surface area contributed by atoms with Gasteiger partial charge in [0.1, 0.15) is 6.26 Å². The molecule has 0 fully saturated rings. The molecule has 0 bridgehead atoms. The monoisotopic (exact) mass is 403 g/mol. The third kappa shape index (κ3) is 5.03. The smallest absolute Gasteiger partial charge is 0.230 e. The number of nitrogens with one attached hydrogen (secondary N) is 2. The molecule has 3 aromatic carbocycles. The number of halogens is 1. The van der Waals surface area contributed by atoms with Crippen LogP contribution in [-0.4, -0.2) is 10.9 Å². The molecular formula is C23H18ClN3O2. The third-order valence-corrected chi connectivity index (χ3v) is 4.47. The fourth-order valence-corrected chi connectivity index (χ4v) is 2.93. The summed E-state index contributed by atoms with van der Waals surface area (Å²) in [6.07, 6.45) is 1.62. The zero-order valence-corrected chi connectivity index (χ0v) is 16.2. The molecule has 0 atom stereocenters. The van der Waals surface area contributed by atoms with E-state index in [2.05, 4.69) is 15.6 Å². The number of aromatic nitrogens is 1. The molecule has 144 valence electrons. The minimum Gasteiger partial charge on any atom is -0.444 e. The highest BCUT2D eigenvalue weighted by atomic mass is 35.5. The molecule has 0 aliphatic heterocycles. The quantitative estimate of drug-likeness (QED) is 0.419. The van der Waals surface area contributed by atoms with Crippen LogP contribution in [0.25, 0.3) is 11.5 Å². The van der Waals surface area contributed by atoms with Crippen molar-refractivity contribution in [1.29, 1.82) is 0 Å². The van der Waals surface area contributed by atoms with Gasteiger partial charge in [-0.1, -0.05) is 29.8 Å². The van der Waals surface area contributed by atoms with Gasteiger partial charge in [-0.3, -0.25) is 4.79 Å². The highest BCUT2D eigenvalue weighted by molar-refractivity contribution is 6.30. The predicted octanol–water partition coefficient (Wildman–Crippen LogP) is 5.92. The summed E-state index contributed by atoms with van der Waals surface area (Å²) >= 11 is 5.89. The Morgan fingerprint density at radius 3 is 2.24 bits per heavy atom. The van der Waals surface area contributed by atoms with Crippen LogP contribution in [0.5, 0.6) is 0 Å². The summed E-state index contributed by atoms with van der Waals surface area (Å²) in [5, 5.41) is 6.82. The van der Waals surface area contributed by atoms with E-state index in [4.69, 9.17) is 16.0 Å². The minimum absolute atomic E-state index is 0.126. The van der Waals surface area contributed by atoms with Gasteiger partial charge < -0.3 is 15.1 Å². The molecule has 0 radical (unpaired) electrons. The minimum atomic E-state index is -0.162. The maximum atomic E-state index is 12.3. The van der Waals surface area contributed by atoms with Crippen LogP contribution in [-0.2, 0) is 11.2 Å². The van der Waals surface area contributed by atoms with Crippen molar-refractivity contribution in [1.82, 2.24) is 4.98 Å². The summed E-state index contributed by atoms with van der Waals surface area (Å²) in [5.41, 5.74) is 4.04. The van der Waals surface area contributed by atoms with Gasteiger partial charge in [-0.05, 0) is 60.7 Å². The third-order valence-electron chi connectivity index (χ3n) is 4.22. The van der Waals surface area contributed by atoms with Crippen molar-refractivity contribution in [3.8, 4) is 11.5 Å². The topological polar surface area (TPSA) is 67.2 Å². The van der Waals surface area contributed by atoms with E-state index >= 15 is 0 Å². The second kappa shape index (κ2) is 8.63. The molecule has 0 saturated heterocycles. The lowest BCUT2D eigenvalue weighted by Gasteiger charge is -2.08. The molecule has 1 aromatic heterocycles. The largest absolute Gasteiger partial charge is 0.444 e. The number of nitrogens with zero attached hydrogens (tertiary/aromatic N) is 1. The van der Waals surface area contributed by atoms with Crippen LogP contribution in [0.4, 0.5) is 17.1 Å². The SMILES string of the molecule is O=C(Cc1coc(-c2ccc(Cl)cc2)n1)Nc1ccc(Nc2ccccc2)cc1. The summed E-state index contributed by atoms with van der Waals surface area (Å²) in [7, 11) is 0. The average Bonchev–Trinajstić information content (AvgIpc) is 3.19. The van der Waals surface area contributed by atoms with Gasteiger partial charge in [-0.25, -0.2) is 4.98 Å². The first-order valence-corrected chi connectivity index (χ1v) is 9.46. The Morgan fingerprint density at radius 1 is 0.862 bits per heavy atom.